The molecule has 1 N–H and O–H groups in total. The molecule has 1 aromatic rings. The maximum Gasteiger partial charge on any atom is 0.120 e. The van der Waals surface area contributed by atoms with E-state index >= 15 is 0 Å². The Morgan fingerprint density at radius 1 is 1.32 bits per heavy atom. The molecule has 0 heterocycles. The molecule has 2 unspecified atom stereocenters. The summed E-state index contributed by atoms with van der Waals surface area (Å²) in [5, 5.41) is 10.0. The topological polar surface area (TPSA) is 38.7 Å². The van der Waals surface area contributed by atoms with Crippen LogP contribution in [0.2, 0.25) is 0 Å². The number of aliphatic hydroxyl groups excluding tert-OH is 1. The van der Waals surface area contributed by atoms with Crippen LogP contribution in [0, 0.1) is 5.41 Å². The highest BCUT2D eigenvalue weighted by Gasteiger charge is 2.53. The van der Waals surface area contributed by atoms with Crippen LogP contribution in [0.1, 0.15) is 38.7 Å². The van der Waals surface area contributed by atoms with Crippen LogP contribution in [0.3, 0.4) is 0 Å². The number of aliphatic hydroxyl groups is 1. The monoisotopic (exact) mass is 264 g/mol. The van der Waals surface area contributed by atoms with Crippen LogP contribution in [0.15, 0.2) is 24.3 Å². The molecular weight excluding hydrogens is 240 g/mol. The number of benzene rings is 1. The van der Waals surface area contributed by atoms with Crippen molar-refractivity contribution in [1.29, 1.82) is 0 Å². The van der Waals surface area contributed by atoms with Gasteiger partial charge in [-0.05, 0) is 30.5 Å². The van der Waals surface area contributed by atoms with Gasteiger partial charge in [0.05, 0.1) is 12.7 Å². The largest absolute Gasteiger partial charge is 0.490 e. The molecule has 2 rings (SSSR count). The van der Waals surface area contributed by atoms with Gasteiger partial charge in [-0.1, -0.05) is 26.0 Å². The normalized spacial score (nSPS) is 24.8. The van der Waals surface area contributed by atoms with Crippen LogP contribution in [0.5, 0.6) is 5.75 Å². The van der Waals surface area contributed by atoms with Crippen molar-refractivity contribution in [2.24, 2.45) is 5.41 Å². The standard InChI is InChI=1S/C16H24O3/c1-4-16(5-2)14(17)10-15(16)19-13-8-6-7-12(9-13)11-18-3/h6-9,14-15,17H,4-5,10-11H2,1-3H3. The van der Waals surface area contributed by atoms with E-state index in [1.165, 1.54) is 0 Å². The lowest BCUT2D eigenvalue weighted by molar-refractivity contribution is -0.159. The lowest BCUT2D eigenvalue weighted by Crippen LogP contribution is -2.59. The Labute approximate surface area is 115 Å². The van der Waals surface area contributed by atoms with Gasteiger partial charge in [0.15, 0.2) is 0 Å². The number of ether oxygens (including phenoxy) is 2. The molecule has 1 aliphatic carbocycles. The first-order chi connectivity index (χ1) is 9.16. The zero-order valence-corrected chi connectivity index (χ0v) is 12.1. The minimum absolute atomic E-state index is 0.0722. The van der Waals surface area contributed by atoms with Crippen molar-refractivity contribution in [3.63, 3.8) is 0 Å². The van der Waals surface area contributed by atoms with Crippen molar-refractivity contribution in [3.8, 4) is 5.75 Å². The molecule has 0 aromatic heterocycles. The molecule has 2 atom stereocenters. The van der Waals surface area contributed by atoms with Crippen LogP contribution in [-0.2, 0) is 11.3 Å². The number of hydrogen-bond acceptors (Lipinski definition) is 3. The Bertz CT molecular complexity index is 412. The molecule has 3 nitrogen and oxygen atoms in total. The van der Waals surface area contributed by atoms with Crippen molar-refractivity contribution in [1.82, 2.24) is 0 Å². The summed E-state index contributed by atoms with van der Waals surface area (Å²) in [6.45, 7) is 4.85. The summed E-state index contributed by atoms with van der Waals surface area (Å²) in [6.07, 6.45) is 2.53. The lowest BCUT2D eigenvalue weighted by atomic mass is 9.60. The van der Waals surface area contributed by atoms with Gasteiger partial charge in [-0.15, -0.1) is 0 Å². The van der Waals surface area contributed by atoms with E-state index in [1.54, 1.807) is 7.11 Å². The summed E-state index contributed by atoms with van der Waals surface area (Å²) in [6, 6.07) is 8.00. The van der Waals surface area contributed by atoms with Crippen molar-refractivity contribution < 1.29 is 14.6 Å². The fraction of sp³-hybridized carbons (Fsp3) is 0.625. The average molecular weight is 264 g/mol. The summed E-state index contributed by atoms with van der Waals surface area (Å²) in [7, 11) is 1.69. The van der Waals surface area contributed by atoms with Crippen molar-refractivity contribution in [3.05, 3.63) is 29.8 Å². The highest BCUT2D eigenvalue weighted by Crippen LogP contribution is 2.48. The fourth-order valence-corrected chi connectivity index (χ4v) is 3.11. The van der Waals surface area contributed by atoms with E-state index in [1.807, 2.05) is 24.3 Å². The third kappa shape index (κ3) is 2.63. The van der Waals surface area contributed by atoms with Crippen LogP contribution in [-0.4, -0.2) is 24.4 Å². The van der Waals surface area contributed by atoms with Gasteiger partial charge in [-0.3, -0.25) is 0 Å². The quantitative estimate of drug-likeness (QED) is 0.857. The molecule has 0 amide bonds. The summed E-state index contributed by atoms with van der Waals surface area (Å²) >= 11 is 0. The second-order valence-corrected chi connectivity index (χ2v) is 5.38. The maximum absolute atomic E-state index is 10.0. The molecule has 0 saturated heterocycles. The zero-order valence-electron chi connectivity index (χ0n) is 12.1. The molecule has 0 bridgehead atoms. The third-order valence-electron chi connectivity index (χ3n) is 4.55. The van der Waals surface area contributed by atoms with Gasteiger partial charge in [0, 0.05) is 18.9 Å². The van der Waals surface area contributed by atoms with E-state index in [4.69, 9.17) is 9.47 Å². The molecule has 0 aliphatic heterocycles. The van der Waals surface area contributed by atoms with Gasteiger partial charge in [0.1, 0.15) is 11.9 Å². The molecule has 1 saturated carbocycles. The summed E-state index contributed by atoms with van der Waals surface area (Å²) in [4.78, 5) is 0. The first-order valence-corrected chi connectivity index (χ1v) is 7.09. The summed E-state index contributed by atoms with van der Waals surface area (Å²) < 4.78 is 11.2. The highest BCUT2D eigenvalue weighted by atomic mass is 16.5. The molecule has 106 valence electrons. The zero-order chi connectivity index (χ0) is 13.9. The van der Waals surface area contributed by atoms with E-state index in [0.717, 1.165) is 30.6 Å². The molecule has 0 radical (unpaired) electrons. The van der Waals surface area contributed by atoms with E-state index in [9.17, 15) is 5.11 Å². The SMILES string of the molecule is CCC1(CC)C(O)CC1Oc1cccc(COC)c1. The number of methoxy groups -OCH3 is 1. The second-order valence-electron chi connectivity index (χ2n) is 5.38. The van der Waals surface area contributed by atoms with Gasteiger partial charge in [0.2, 0.25) is 0 Å². The van der Waals surface area contributed by atoms with E-state index < -0.39 is 0 Å². The minimum atomic E-state index is -0.227. The van der Waals surface area contributed by atoms with Gasteiger partial charge in [0.25, 0.3) is 0 Å². The Kier molecular flexibility index (Phi) is 4.48. The van der Waals surface area contributed by atoms with Crippen LogP contribution in [0.4, 0.5) is 0 Å². The Morgan fingerprint density at radius 2 is 2.05 bits per heavy atom. The molecular formula is C16H24O3. The first kappa shape index (κ1) is 14.4. The predicted molar refractivity (Wildman–Crippen MR) is 75.2 cm³/mol. The lowest BCUT2D eigenvalue weighted by Gasteiger charge is -2.52. The molecule has 0 spiro atoms. The van der Waals surface area contributed by atoms with Gasteiger partial charge in [-0.2, -0.15) is 0 Å². The molecule has 1 aromatic carbocycles. The van der Waals surface area contributed by atoms with Crippen molar-refractivity contribution in [2.45, 2.75) is 51.9 Å². The van der Waals surface area contributed by atoms with Gasteiger partial charge < -0.3 is 14.6 Å². The molecule has 1 fully saturated rings. The number of hydrogen-bond donors (Lipinski definition) is 1. The Hall–Kier alpha value is -1.06. The van der Waals surface area contributed by atoms with Gasteiger partial charge in [-0.25, -0.2) is 0 Å². The second kappa shape index (κ2) is 5.93. The summed E-state index contributed by atoms with van der Waals surface area (Å²) in [5.74, 6) is 0.873. The third-order valence-corrected chi connectivity index (χ3v) is 4.55. The van der Waals surface area contributed by atoms with Crippen molar-refractivity contribution in [2.75, 3.05) is 7.11 Å². The predicted octanol–water partition coefficient (Wildman–Crippen LogP) is 3.15. The maximum atomic E-state index is 10.0. The highest BCUT2D eigenvalue weighted by molar-refractivity contribution is 5.29. The summed E-state index contributed by atoms with van der Waals surface area (Å²) in [5.41, 5.74) is 1.04. The van der Waals surface area contributed by atoms with Crippen molar-refractivity contribution >= 4 is 0 Å². The minimum Gasteiger partial charge on any atom is -0.490 e. The fourth-order valence-electron chi connectivity index (χ4n) is 3.11. The Balaban J connectivity index is 2.07. The van der Waals surface area contributed by atoms with Crippen LogP contribution >= 0.6 is 0 Å². The van der Waals surface area contributed by atoms with Crippen LogP contribution < -0.4 is 4.74 Å². The first-order valence-electron chi connectivity index (χ1n) is 7.09. The molecule has 3 heteroatoms. The van der Waals surface area contributed by atoms with Gasteiger partial charge >= 0.3 is 0 Å². The van der Waals surface area contributed by atoms with E-state index in [2.05, 4.69) is 13.8 Å². The van der Waals surface area contributed by atoms with E-state index in [0.29, 0.717) is 6.61 Å². The molecule has 19 heavy (non-hydrogen) atoms. The smallest absolute Gasteiger partial charge is 0.120 e. The van der Waals surface area contributed by atoms with E-state index in [-0.39, 0.29) is 17.6 Å². The average Bonchev–Trinajstić information content (AvgIpc) is 2.41. The Morgan fingerprint density at radius 3 is 2.63 bits per heavy atom. The molecule has 1 aliphatic rings. The number of rotatable bonds is 6. The van der Waals surface area contributed by atoms with Crippen LogP contribution in [0.25, 0.3) is 0 Å².